The first-order valence-corrected chi connectivity index (χ1v) is 10.7. The molecule has 5 atom stereocenters. The van der Waals surface area contributed by atoms with E-state index in [1.165, 1.54) is 49.7 Å². The van der Waals surface area contributed by atoms with Gasteiger partial charge in [-0.1, -0.05) is 20.3 Å². The number of aliphatic hydroxyl groups is 1. The molecule has 0 bridgehead atoms. The van der Waals surface area contributed by atoms with Crippen LogP contribution in [0, 0.1) is 23.2 Å². The number of aliphatic hydroxyl groups excluding tert-OH is 1. The quantitative estimate of drug-likeness (QED) is 0.725. The van der Waals surface area contributed by atoms with E-state index in [0.29, 0.717) is 30.1 Å². The van der Waals surface area contributed by atoms with Crippen LogP contribution in [0.1, 0.15) is 75.8 Å². The Morgan fingerprint density at radius 1 is 1.19 bits per heavy atom. The predicted octanol–water partition coefficient (Wildman–Crippen LogP) is 5.04. The monoisotopic (exact) mass is 358 g/mol. The van der Waals surface area contributed by atoms with Gasteiger partial charge in [0.2, 0.25) is 0 Å². The SMILES string of the molecule is CC[C@H]1CC[C@H]2[C@@H]3CCc4cc(O)c(OCCCO)cc4[C@H]3CC[C@]12C. The maximum Gasteiger partial charge on any atom is 0.161 e. The second kappa shape index (κ2) is 7.07. The standard InChI is InChI=1S/C23H34O3/c1-3-16-6-8-20-18-7-5-15-13-21(25)22(26-12-4-11-24)14-19(15)17(18)9-10-23(16,20)2/h13-14,16-18,20,24-25H,3-12H2,1-2H3/t16-,17-,18+,20-,23+/m0/s1. The molecule has 2 N–H and O–H groups in total. The highest BCUT2D eigenvalue weighted by atomic mass is 16.5. The first kappa shape index (κ1) is 18.2. The molecule has 1 aromatic carbocycles. The highest BCUT2D eigenvalue weighted by molar-refractivity contribution is 5.49. The zero-order chi connectivity index (χ0) is 18.3. The van der Waals surface area contributed by atoms with Crippen LogP contribution in [-0.4, -0.2) is 23.4 Å². The lowest BCUT2D eigenvalue weighted by molar-refractivity contribution is 0.0272. The summed E-state index contributed by atoms with van der Waals surface area (Å²) in [6.07, 6.45) is 9.74. The van der Waals surface area contributed by atoms with Crippen molar-refractivity contribution in [2.45, 2.75) is 71.1 Å². The van der Waals surface area contributed by atoms with Gasteiger partial charge in [0, 0.05) is 13.0 Å². The molecule has 0 unspecified atom stereocenters. The lowest BCUT2D eigenvalue weighted by atomic mass is 9.54. The largest absolute Gasteiger partial charge is 0.504 e. The highest BCUT2D eigenvalue weighted by Gasteiger charge is 2.54. The van der Waals surface area contributed by atoms with E-state index >= 15 is 0 Å². The minimum Gasteiger partial charge on any atom is -0.504 e. The molecule has 26 heavy (non-hydrogen) atoms. The molecule has 0 amide bonds. The van der Waals surface area contributed by atoms with Gasteiger partial charge in [-0.15, -0.1) is 0 Å². The van der Waals surface area contributed by atoms with E-state index in [9.17, 15) is 5.11 Å². The normalized spacial score (nSPS) is 35.5. The summed E-state index contributed by atoms with van der Waals surface area (Å²) >= 11 is 0. The third kappa shape index (κ3) is 2.83. The number of aryl methyl sites for hydroxylation is 1. The molecular formula is C23H34O3. The van der Waals surface area contributed by atoms with Crippen molar-refractivity contribution in [3.05, 3.63) is 23.3 Å². The van der Waals surface area contributed by atoms with Crippen LogP contribution in [0.25, 0.3) is 0 Å². The van der Waals surface area contributed by atoms with Crippen LogP contribution in [0.5, 0.6) is 11.5 Å². The van der Waals surface area contributed by atoms with Gasteiger partial charge in [-0.3, -0.25) is 0 Å². The summed E-state index contributed by atoms with van der Waals surface area (Å²) < 4.78 is 5.75. The zero-order valence-electron chi connectivity index (χ0n) is 16.3. The van der Waals surface area contributed by atoms with Gasteiger partial charge >= 0.3 is 0 Å². The van der Waals surface area contributed by atoms with Gasteiger partial charge in [0.15, 0.2) is 11.5 Å². The van der Waals surface area contributed by atoms with Gasteiger partial charge in [0.1, 0.15) is 0 Å². The molecule has 0 aliphatic heterocycles. The summed E-state index contributed by atoms with van der Waals surface area (Å²) in [6.45, 7) is 5.52. The van der Waals surface area contributed by atoms with Gasteiger partial charge in [0.25, 0.3) is 0 Å². The van der Waals surface area contributed by atoms with E-state index in [1.807, 2.05) is 6.07 Å². The van der Waals surface area contributed by atoms with Crippen LogP contribution in [-0.2, 0) is 6.42 Å². The summed E-state index contributed by atoms with van der Waals surface area (Å²) in [5.74, 6) is 4.07. The fraction of sp³-hybridized carbons (Fsp3) is 0.739. The van der Waals surface area contributed by atoms with E-state index in [-0.39, 0.29) is 12.4 Å². The molecule has 0 aromatic heterocycles. The number of phenols is 1. The van der Waals surface area contributed by atoms with Crippen LogP contribution < -0.4 is 4.74 Å². The first-order valence-electron chi connectivity index (χ1n) is 10.7. The van der Waals surface area contributed by atoms with Crippen molar-refractivity contribution in [3.63, 3.8) is 0 Å². The number of benzene rings is 1. The minimum atomic E-state index is 0.120. The topological polar surface area (TPSA) is 49.7 Å². The third-order valence-corrected chi connectivity index (χ3v) is 8.05. The van der Waals surface area contributed by atoms with Crippen molar-refractivity contribution in [3.8, 4) is 11.5 Å². The smallest absolute Gasteiger partial charge is 0.161 e. The Balaban J connectivity index is 1.61. The third-order valence-electron chi connectivity index (χ3n) is 8.05. The van der Waals surface area contributed by atoms with Gasteiger partial charge in [-0.2, -0.15) is 0 Å². The number of hydrogen-bond donors (Lipinski definition) is 2. The van der Waals surface area contributed by atoms with Crippen LogP contribution >= 0.6 is 0 Å². The van der Waals surface area contributed by atoms with E-state index in [0.717, 1.165) is 24.2 Å². The second-order valence-corrected chi connectivity index (χ2v) is 9.09. The second-order valence-electron chi connectivity index (χ2n) is 9.09. The van der Waals surface area contributed by atoms with E-state index in [1.54, 1.807) is 0 Å². The Labute approximate surface area is 157 Å². The molecule has 3 heteroatoms. The Hall–Kier alpha value is -1.22. The van der Waals surface area contributed by atoms with Crippen molar-refractivity contribution in [2.24, 2.45) is 23.2 Å². The molecular weight excluding hydrogens is 324 g/mol. The summed E-state index contributed by atoms with van der Waals surface area (Å²) in [4.78, 5) is 0. The van der Waals surface area contributed by atoms with E-state index in [4.69, 9.17) is 9.84 Å². The maximum atomic E-state index is 10.3. The molecule has 0 saturated heterocycles. The number of phenolic OH excluding ortho intramolecular Hbond substituents is 1. The number of fused-ring (bicyclic) bond motifs is 5. The highest BCUT2D eigenvalue weighted by Crippen LogP contribution is 2.63. The van der Waals surface area contributed by atoms with Gasteiger partial charge in [-0.05, 0) is 90.9 Å². The Morgan fingerprint density at radius 3 is 2.81 bits per heavy atom. The number of hydrogen-bond acceptors (Lipinski definition) is 3. The van der Waals surface area contributed by atoms with Crippen LogP contribution in [0.4, 0.5) is 0 Å². The number of ether oxygens (including phenoxy) is 1. The summed E-state index contributed by atoms with van der Waals surface area (Å²) in [7, 11) is 0. The molecule has 1 aromatic rings. The molecule has 2 saturated carbocycles. The fourth-order valence-electron chi connectivity index (χ4n) is 6.73. The maximum absolute atomic E-state index is 10.3. The molecule has 0 heterocycles. The zero-order valence-corrected chi connectivity index (χ0v) is 16.3. The Morgan fingerprint density at radius 2 is 2.04 bits per heavy atom. The molecule has 2 fully saturated rings. The van der Waals surface area contributed by atoms with Crippen molar-refractivity contribution >= 4 is 0 Å². The molecule has 0 radical (unpaired) electrons. The first-order chi connectivity index (χ1) is 12.6. The lowest BCUT2D eigenvalue weighted by Gasteiger charge is -2.51. The number of rotatable bonds is 5. The Bertz CT molecular complexity index is 655. The van der Waals surface area contributed by atoms with Gasteiger partial charge in [0.05, 0.1) is 6.61 Å². The van der Waals surface area contributed by atoms with Crippen molar-refractivity contribution < 1.29 is 14.9 Å². The average Bonchev–Trinajstić information content (AvgIpc) is 2.98. The predicted molar refractivity (Wildman–Crippen MR) is 104 cm³/mol. The van der Waals surface area contributed by atoms with Crippen molar-refractivity contribution in [1.29, 1.82) is 0 Å². The average molecular weight is 359 g/mol. The lowest BCUT2D eigenvalue weighted by Crippen LogP contribution is -2.42. The van der Waals surface area contributed by atoms with E-state index in [2.05, 4.69) is 19.9 Å². The van der Waals surface area contributed by atoms with Crippen molar-refractivity contribution in [1.82, 2.24) is 0 Å². The van der Waals surface area contributed by atoms with Gasteiger partial charge < -0.3 is 14.9 Å². The molecule has 3 aliphatic carbocycles. The molecule has 144 valence electrons. The summed E-state index contributed by atoms with van der Waals surface area (Å²) in [5, 5.41) is 19.3. The Kier molecular flexibility index (Phi) is 4.94. The fourth-order valence-corrected chi connectivity index (χ4v) is 6.73. The van der Waals surface area contributed by atoms with Crippen LogP contribution in [0.2, 0.25) is 0 Å². The summed E-state index contributed by atoms with van der Waals surface area (Å²) in [5.41, 5.74) is 3.30. The number of aromatic hydroxyl groups is 1. The van der Waals surface area contributed by atoms with Gasteiger partial charge in [-0.25, -0.2) is 0 Å². The van der Waals surface area contributed by atoms with Crippen molar-refractivity contribution in [2.75, 3.05) is 13.2 Å². The molecule has 3 aliphatic rings. The van der Waals surface area contributed by atoms with Crippen LogP contribution in [0.15, 0.2) is 12.1 Å². The molecule has 0 spiro atoms. The van der Waals surface area contributed by atoms with E-state index < -0.39 is 0 Å². The minimum absolute atomic E-state index is 0.120. The molecule has 4 rings (SSSR count). The summed E-state index contributed by atoms with van der Waals surface area (Å²) in [6, 6.07) is 4.06. The molecule has 3 nitrogen and oxygen atoms in total. The van der Waals surface area contributed by atoms with Crippen LogP contribution in [0.3, 0.4) is 0 Å².